The molecule has 1 fully saturated rings. The number of aryl methyl sites for hydroxylation is 1. The SMILES string of the molecule is Cc1ccc(-c2nn(Cc3ccccc3)cc2C(=O)N2CCCN(c3nccs3)CC2)cc1. The number of thiazole rings is 1. The highest BCUT2D eigenvalue weighted by Crippen LogP contribution is 2.26. The lowest BCUT2D eigenvalue weighted by molar-refractivity contribution is 0.0767. The maximum absolute atomic E-state index is 13.7. The maximum Gasteiger partial charge on any atom is 0.257 e. The topological polar surface area (TPSA) is 54.3 Å². The summed E-state index contributed by atoms with van der Waals surface area (Å²) in [6, 6.07) is 18.5. The van der Waals surface area contributed by atoms with Gasteiger partial charge in [-0.25, -0.2) is 4.98 Å². The fraction of sp³-hybridized carbons (Fsp3) is 0.269. The second-order valence-electron chi connectivity index (χ2n) is 8.39. The molecule has 0 aliphatic carbocycles. The fourth-order valence-corrected chi connectivity index (χ4v) is 4.91. The Bertz CT molecular complexity index is 1200. The standard InChI is InChI=1S/C26H27N5OS/c1-20-8-10-22(11-9-20)24-23(19-31(28-24)18-21-6-3-2-4-7-21)25(32)29-13-5-14-30(16-15-29)26-27-12-17-33-26/h2-4,6-12,17,19H,5,13-16,18H2,1H3. The Labute approximate surface area is 198 Å². The molecule has 2 aromatic heterocycles. The molecule has 1 saturated heterocycles. The Kier molecular flexibility index (Phi) is 6.21. The van der Waals surface area contributed by atoms with Gasteiger partial charge in [-0.1, -0.05) is 60.2 Å². The molecule has 1 aliphatic heterocycles. The van der Waals surface area contributed by atoms with Crippen LogP contribution in [0.1, 0.15) is 27.9 Å². The van der Waals surface area contributed by atoms with Crippen molar-refractivity contribution in [1.82, 2.24) is 19.7 Å². The third kappa shape index (κ3) is 4.83. The average Bonchev–Trinajstić information content (AvgIpc) is 3.45. The lowest BCUT2D eigenvalue weighted by Gasteiger charge is -2.21. The molecule has 6 nitrogen and oxygen atoms in total. The van der Waals surface area contributed by atoms with Crippen molar-refractivity contribution >= 4 is 22.4 Å². The summed E-state index contributed by atoms with van der Waals surface area (Å²) in [4.78, 5) is 22.4. The Hall–Kier alpha value is -3.45. The summed E-state index contributed by atoms with van der Waals surface area (Å²) < 4.78 is 1.89. The Morgan fingerprint density at radius 3 is 2.58 bits per heavy atom. The van der Waals surface area contributed by atoms with E-state index in [1.54, 1.807) is 11.3 Å². The molecule has 0 bridgehead atoms. The second-order valence-corrected chi connectivity index (χ2v) is 9.26. The molecule has 0 saturated carbocycles. The summed E-state index contributed by atoms with van der Waals surface area (Å²) in [5, 5.41) is 7.88. The number of nitrogens with zero attached hydrogens (tertiary/aromatic N) is 5. The maximum atomic E-state index is 13.7. The smallest absolute Gasteiger partial charge is 0.257 e. The van der Waals surface area contributed by atoms with Crippen LogP contribution in [0.5, 0.6) is 0 Å². The zero-order valence-corrected chi connectivity index (χ0v) is 19.5. The van der Waals surface area contributed by atoms with Gasteiger partial charge in [0, 0.05) is 49.5 Å². The van der Waals surface area contributed by atoms with Gasteiger partial charge in [0.05, 0.1) is 12.1 Å². The van der Waals surface area contributed by atoms with Gasteiger partial charge >= 0.3 is 0 Å². The second kappa shape index (κ2) is 9.58. The number of carbonyl (C=O) groups excluding carboxylic acids is 1. The van der Waals surface area contributed by atoms with Crippen molar-refractivity contribution < 1.29 is 4.79 Å². The van der Waals surface area contributed by atoms with E-state index < -0.39 is 0 Å². The number of rotatable bonds is 5. The van der Waals surface area contributed by atoms with E-state index in [4.69, 9.17) is 5.10 Å². The lowest BCUT2D eigenvalue weighted by Crippen LogP contribution is -2.35. The first-order valence-corrected chi connectivity index (χ1v) is 12.2. The molecule has 4 aromatic rings. The normalized spacial score (nSPS) is 14.3. The van der Waals surface area contributed by atoms with Crippen LogP contribution in [-0.2, 0) is 6.54 Å². The van der Waals surface area contributed by atoms with Crippen molar-refractivity contribution in [2.24, 2.45) is 0 Å². The summed E-state index contributed by atoms with van der Waals surface area (Å²) >= 11 is 1.65. The molecule has 0 spiro atoms. The molecule has 0 radical (unpaired) electrons. The van der Waals surface area contributed by atoms with Crippen LogP contribution in [0.4, 0.5) is 5.13 Å². The highest BCUT2D eigenvalue weighted by atomic mass is 32.1. The third-order valence-corrected chi connectivity index (χ3v) is 6.81. The first kappa shape index (κ1) is 21.4. The van der Waals surface area contributed by atoms with E-state index in [0.29, 0.717) is 18.7 Å². The van der Waals surface area contributed by atoms with E-state index in [2.05, 4.69) is 41.1 Å². The van der Waals surface area contributed by atoms with Gasteiger partial charge < -0.3 is 9.80 Å². The van der Waals surface area contributed by atoms with Crippen LogP contribution in [0.3, 0.4) is 0 Å². The quantitative estimate of drug-likeness (QED) is 0.435. The molecule has 1 aliphatic rings. The van der Waals surface area contributed by atoms with Crippen LogP contribution < -0.4 is 4.90 Å². The van der Waals surface area contributed by atoms with Crippen LogP contribution in [0.2, 0.25) is 0 Å². The highest BCUT2D eigenvalue weighted by molar-refractivity contribution is 7.13. The number of benzene rings is 2. The monoisotopic (exact) mass is 457 g/mol. The molecule has 0 unspecified atom stereocenters. The predicted octanol–water partition coefficient (Wildman–Crippen LogP) is 4.72. The molecular formula is C26H27N5OS. The lowest BCUT2D eigenvalue weighted by atomic mass is 10.1. The van der Waals surface area contributed by atoms with Gasteiger partial charge in [0.25, 0.3) is 5.91 Å². The van der Waals surface area contributed by atoms with Gasteiger partial charge in [-0.15, -0.1) is 11.3 Å². The summed E-state index contributed by atoms with van der Waals surface area (Å²) in [5.41, 5.74) is 4.72. The zero-order valence-electron chi connectivity index (χ0n) is 18.7. The molecule has 0 N–H and O–H groups in total. The first-order chi connectivity index (χ1) is 16.2. The van der Waals surface area contributed by atoms with Gasteiger partial charge in [0.15, 0.2) is 5.13 Å². The number of hydrogen-bond donors (Lipinski definition) is 0. The van der Waals surface area contributed by atoms with Crippen molar-refractivity contribution in [2.75, 3.05) is 31.1 Å². The van der Waals surface area contributed by atoms with E-state index in [0.717, 1.165) is 48.0 Å². The minimum absolute atomic E-state index is 0.0471. The highest BCUT2D eigenvalue weighted by Gasteiger charge is 2.26. The van der Waals surface area contributed by atoms with Crippen molar-refractivity contribution in [3.63, 3.8) is 0 Å². The minimum Gasteiger partial charge on any atom is -0.346 e. The fourth-order valence-electron chi connectivity index (χ4n) is 4.21. The first-order valence-electron chi connectivity index (χ1n) is 11.3. The van der Waals surface area contributed by atoms with Crippen LogP contribution in [0, 0.1) is 6.92 Å². The molecule has 1 amide bonds. The van der Waals surface area contributed by atoms with Gasteiger partial charge in [-0.3, -0.25) is 9.48 Å². The van der Waals surface area contributed by atoms with Gasteiger partial charge in [-0.2, -0.15) is 5.10 Å². The summed E-state index contributed by atoms with van der Waals surface area (Å²) in [5.74, 6) is 0.0471. The predicted molar refractivity (Wildman–Crippen MR) is 133 cm³/mol. The number of amides is 1. The van der Waals surface area contributed by atoms with Crippen LogP contribution in [0.15, 0.2) is 72.4 Å². The molecule has 0 atom stereocenters. The zero-order chi connectivity index (χ0) is 22.6. The van der Waals surface area contributed by atoms with E-state index >= 15 is 0 Å². The van der Waals surface area contributed by atoms with Gasteiger partial charge in [-0.05, 0) is 18.9 Å². The van der Waals surface area contributed by atoms with Gasteiger partial charge in [0.1, 0.15) is 5.69 Å². The molecule has 2 aromatic carbocycles. The number of anilines is 1. The summed E-state index contributed by atoms with van der Waals surface area (Å²) in [6.45, 7) is 5.81. The minimum atomic E-state index is 0.0471. The third-order valence-electron chi connectivity index (χ3n) is 5.98. The van der Waals surface area contributed by atoms with E-state index in [1.165, 1.54) is 5.56 Å². The van der Waals surface area contributed by atoms with Crippen molar-refractivity contribution in [3.8, 4) is 11.3 Å². The Balaban J connectivity index is 1.42. The number of carbonyl (C=O) groups is 1. The largest absolute Gasteiger partial charge is 0.346 e. The van der Waals surface area contributed by atoms with Crippen molar-refractivity contribution in [1.29, 1.82) is 0 Å². The van der Waals surface area contributed by atoms with E-state index in [9.17, 15) is 4.79 Å². The Morgan fingerprint density at radius 1 is 1.00 bits per heavy atom. The molecule has 3 heterocycles. The summed E-state index contributed by atoms with van der Waals surface area (Å²) in [6.07, 6.45) is 4.67. The molecule has 5 rings (SSSR count). The van der Waals surface area contributed by atoms with Crippen LogP contribution in [0.25, 0.3) is 11.3 Å². The van der Waals surface area contributed by atoms with Gasteiger partial charge in [0.2, 0.25) is 0 Å². The summed E-state index contributed by atoms with van der Waals surface area (Å²) in [7, 11) is 0. The molecule has 7 heteroatoms. The molecular weight excluding hydrogens is 430 g/mol. The molecule has 168 valence electrons. The Morgan fingerprint density at radius 2 is 1.82 bits per heavy atom. The number of hydrogen-bond acceptors (Lipinski definition) is 5. The van der Waals surface area contributed by atoms with Crippen LogP contribution >= 0.6 is 11.3 Å². The number of aromatic nitrogens is 3. The van der Waals surface area contributed by atoms with Crippen LogP contribution in [-0.4, -0.2) is 51.8 Å². The van der Waals surface area contributed by atoms with Crippen molar-refractivity contribution in [3.05, 3.63) is 89.1 Å². The molecule has 33 heavy (non-hydrogen) atoms. The van der Waals surface area contributed by atoms with E-state index in [1.807, 2.05) is 57.7 Å². The average molecular weight is 458 g/mol. The van der Waals surface area contributed by atoms with E-state index in [-0.39, 0.29) is 5.91 Å². The van der Waals surface area contributed by atoms with Crippen molar-refractivity contribution in [2.45, 2.75) is 19.9 Å².